The third-order valence-corrected chi connectivity index (χ3v) is 5.82. The molecule has 4 aliphatic rings. The minimum Gasteiger partial charge on any atom is -0.308 e. The summed E-state index contributed by atoms with van der Waals surface area (Å²) in [7, 11) is 0. The molecule has 56 valence electrons. The molecule has 4 fully saturated rings. The Morgan fingerprint density at radius 1 is 1.18 bits per heavy atom. The largest absolute Gasteiger partial charge is 0.308 e. The zero-order valence-electron chi connectivity index (χ0n) is 5.90. The molecule has 3 heterocycles. The first-order chi connectivity index (χ1) is 5.42. The molecule has 4 rings (SSSR count). The number of rotatable bonds is 0. The molecule has 4 unspecified atom stereocenters. The molecule has 3 saturated heterocycles. The van der Waals surface area contributed by atoms with Crippen LogP contribution < -0.4 is 5.32 Å². The fourth-order valence-electron chi connectivity index (χ4n) is 3.51. The number of nitrogens with one attached hydrogen (secondary N) is 1. The Labute approximate surface area is 69.3 Å². The second kappa shape index (κ2) is 1.34. The molecule has 4 atom stereocenters. The van der Waals surface area contributed by atoms with E-state index >= 15 is 0 Å². The number of fused-ring (bicyclic) bond motifs is 2. The third kappa shape index (κ3) is 0.341. The normalized spacial score (nSPS) is 73.5. The zero-order valence-corrected chi connectivity index (χ0v) is 6.71. The Kier molecular flexibility index (Phi) is 0.663. The van der Waals surface area contributed by atoms with Crippen molar-refractivity contribution < 1.29 is 0 Å². The van der Waals surface area contributed by atoms with Crippen molar-refractivity contribution >= 4 is 11.8 Å². The van der Waals surface area contributed by atoms with Crippen molar-refractivity contribution in [2.45, 2.75) is 22.6 Å². The Morgan fingerprint density at radius 3 is 2.36 bits per heavy atom. The van der Waals surface area contributed by atoms with Gasteiger partial charge in [-0.25, -0.2) is 0 Å². The molecule has 11 heavy (non-hydrogen) atoms. The van der Waals surface area contributed by atoms with E-state index in [-0.39, 0.29) is 0 Å². The van der Waals surface area contributed by atoms with Gasteiger partial charge in [-0.3, -0.25) is 0 Å². The molecule has 2 bridgehead atoms. The highest BCUT2D eigenvalue weighted by Crippen LogP contribution is 2.70. The lowest BCUT2D eigenvalue weighted by atomic mass is 9.49. The van der Waals surface area contributed by atoms with Gasteiger partial charge in [-0.05, 0) is 0 Å². The number of thioether (sulfide) groups is 1. The van der Waals surface area contributed by atoms with Crippen molar-refractivity contribution in [2.24, 2.45) is 17.8 Å². The van der Waals surface area contributed by atoms with Crippen LogP contribution in [0.2, 0.25) is 0 Å². The minimum atomic E-state index is 0.419. The lowest BCUT2D eigenvalue weighted by Crippen LogP contribution is -2.79. The van der Waals surface area contributed by atoms with Gasteiger partial charge >= 0.3 is 0 Å². The van der Waals surface area contributed by atoms with E-state index in [1.807, 2.05) is 0 Å². The standard InChI is InChI=1S/C8H8N2S/c9-1-2-3-5-8-6(10-5)4(2)7(3)11-8/h2-8,10H. The maximum absolute atomic E-state index is 8.88. The van der Waals surface area contributed by atoms with Gasteiger partial charge in [-0.1, -0.05) is 0 Å². The molecule has 3 heteroatoms. The predicted molar refractivity (Wildman–Crippen MR) is 42.0 cm³/mol. The van der Waals surface area contributed by atoms with Crippen LogP contribution in [0.3, 0.4) is 0 Å². The van der Waals surface area contributed by atoms with Gasteiger partial charge in [0.1, 0.15) is 0 Å². The van der Waals surface area contributed by atoms with E-state index in [4.69, 9.17) is 5.26 Å². The molecule has 0 aromatic heterocycles. The summed E-state index contributed by atoms with van der Waals surface area (Å²) in [5.74, 6) is 1.87. The van der Waals surface area contributed by atoms with E-state index in [1.54, 1.807) is 0 Å². The molecule has 0 radical (unpaired) electrons. The Bertz CT molecular complexity index is 262. The van der Waals surface area contributed by atoms with Crippen LogP contribution in [0.25, 0.3) is 0 Å². The molecule has 2 nitrogen and oxygen atoms in total. The highest BCUT2D eigenvalue weighted by Gasteiger charge is 2.76. The summed E-state index contributed by atoms with van der Waals surface area (Å²) < 4.78 is 0. The van der Waals surface area contributed by atoms with Crippen LogP contribution in [0.5, 0.6) is 0 Å². The number of hydrogen-bond donors (Lipinski definition) is 1. The quantitative estimate of drug-likeness (QED) is 0.556. The minimum absolute atomic E-state index is 0.419. The predicted octanol–water partition coefficient (Wildman–Crippen LogP) is 0.210. The van der Waals surface area contributed by atoms with E-state index in [0.29, 0.717) is 5.92 Å². The second-order valence-corrected chi connectivity index (χ2v) is 5.45. The van der Waals surface area contributed by atoms with E-state index in [1.165, 1.54) is 0 Å². The molecule has 1 aliphatic carbocycles. The number of nitrogens with zero attached hydrogens (tertiary/aromatic N) is 1. The molecule has 1 saturated carbocycles. The van der Waals surface area contributed by atoms with Gasteiger partial charge in [-0.2, -0.15) is 17.0 Å². The fraction of sp³-hybridized carbons (Fsp3) is 0.875. The molecule has 0 aromatic rings. The van der Waals surface area contributed by atoms with Crippen LogP contribution in [-0.2, 0) is 0 Å². The Balaban J connectivity index is 1.86. The van der Waals surface area contributed by atoms with E-state index in [0.717, 1.165) is 34.4 Å². The highest BCUT2D eigenvalue weighted by atomic mass is 32.2. The number of nitriles is 1. The fourth-order valence-corrected chi connectivity index (χ4v) is 5.77. The monoisotopic (exact) mass is 164 g/mol. The summed E-state index contributed by atoms with van der Waals surface area (Å²) in [5, 5.41) is 14.2. The molecule has 3 aliphatic heterocycles. The Morgan fingerprint density at radius 2 is 1.91 bits per heavy atom. The van der Waals surface area contributed by atoms with Gasteiger partial charge in [0, 0.05) is 34.4 Å². The van der Waals surface area contributed by atoms with Crippen LogP contribution in [0.15, 0.2) is 0 Å². The summed E-state index contributed by atoms with van der Waals surface area (Å²) in [4.78, 5) is 0. The number of piperidine rings is 2. The van der Waals surface area contributed by atoms with Gasteiger partial charge in [0.05, 0.1) is 12.0 Å². The van der Waals surface area contributed by atoms with Crippen LogP contribution in [0.1, 0.15) is 0 Å². The molecule has 1 N–H and O–H groups in total. The summed E-state index contributed by atoms with van der Waals surface area (Å²) >= 11 is 2.15. The SMILES string of the molecule is N#CC1C2C3NC4C3SC2C14. The first-order valence-electron chi connectivity index (χ1n) is 4.23. The van der Waals surface area contributed by atoms with Gasteiger partial charge in [0.15, 0.2) is 0 Å². The van der Waals surface area contributed by atoms with Crippen molar-refractivity contribution in [2.75, 3.05) is 0 Å². The van der Waals surface area contributed by atoms with E-state index in [2.05, 4.69) is 23.1 Å². The molecule has 0 amide bonds. The summed E-state index contributed by atoms with van der Waals surface area (Å²) in [6.45, 7) is 0. The average molecular weight is 164 g/mol. The molecular weight excluding hydrogens is 156 g/mol. The average Bonchev–Trinajstić information content (AvgIpc) is 2.36. The molecule has 0 aromatic carbocycles. The van der Waals surface area contributed by atoms with Gasteiger partial charge in [-0.15, -0.1) is 0 Å². The van der Waals surface area contributed by atoms with Crippen molar-refractivity contribution in [3.8, 4) is 6.07 Å². The summed E-state index contributed by atoms with van der Waals surface area (Å²) in [5.41, 5.74) is 0. The van der Waals surface area contributed by atoms with E-state index < -0.39 is 0 Å². The zero-order chi connectivity index (χ0) is 7.16. The topological polar surface area (TPSA) is 35.8 Å². The highest BCUT2D eigenvalue weighted by molar-refractivity contribution is 8.01. The molecular formula is C8H8N2S. The number of hydrogen-bond acceptors (Lipinski definition) is 3. The van der Waals surface area contributed by atoms with Crippen molar-refractivity contribution in [1.82, 2.24) is 5.32 Å². The van der Waals surface area contributed by atoms with Crippen LogP contribution >= 0.6 is 11.8 Å². The van der Waals surface area contributed by atoms with Crippen LogP contribution in [-0.4, -0.2) is 22.6 Å². The lowest BCUT2D eigenvalue weighted by Gasteiger charge is -2.61. The first-order valence-corrected chi connectivity index (χ1v) is 5.17. The molecule has 0 spiro atoms. The van der Waals surface area contributed by atoms with Crippen molar-refractivity contribution in [3.63, 3.8) is 0 Å². The van der Waals surface area contributed by atoms with Gasteiger partial charge in [0.2, 0.25) is 0 Å². The second-order valence-electron chi connectivity index (χ2n) is 4.09. The summed E-state index contributed by atoms with van der Waals surface area (Å²) in [6, 6.07) is 3.92. The maximum atomic E-state index is 8.88. The van der Waals surface area contributed by atoms with Crippen molar-refractivity contribution in [1.29, 1.82) is 5.26 Å². The van der Waals surface area contributed by atoms with Gasteiger partial charge in [0.25, 0.3) is 0 Å². The first kappa shape index (κ1) is 5.45. The third-order valence-electron chi connectivity index (χ3n) is 3.97. The van der Waals surface area contributed by atoms with E-state index in [9.17, 15) is 0 Å². The maximum Gasteiger partial charge on any atom is 0.0663 e. The Hall–Kier alpha value is -0.200. The lowest BCUT2D eigenvalue weighted by molar-refractivity contribution is -0.0483. The van der Waals surface area contributed by atoms with Crippen LogP contribution in [0.4, 0.5) is 0 Å². The summed E-state index contributed by atoms with van der Waals surface area (Å²) in [6.07, 6.45) is 0. The van der Waals surface area contributed by atoms with Crippen molar-refractivity contribution in [3.05, 3.63) is 0 Å². The van der Waals surface area contributed by atoms with Gasteiger partial charge < -0.3 is 5.32 Å². The van der Waals surface area contributed by atoms with Crippen LogP contribution in [0, 0.1) is 29.1 Å². The smallest absolute Gasteiger partial charge is 0.0663 e.